The van der Waals surface area contributed by atoms with Crippen molar-refractivity contribution in [2.75, 3.05) is 12.9 Å². The molecule has 0 saturated heterocycles. The molecule has 7 heteroatoms. The molecular formula is C20H18N2O4S. The molecular weight excluding hydrogens is 364 g/mol. The van der Waals surface area contributed by atoms with Crippen LogP contribution in [0.15, 0.2) is 58.2 Å². The zero-order valence-electron chi connectivity index (χ0n) is 14.8. The molecule has 0 spiro atoms. The van der Waals surface area contributed by atoms with E-state index in [2.05, 4.69) is 4.98 Å². The van der Waals surface area contributed by atoms with Crippen molar-refractivity contribution in [1.29, 1.82) is 0 Å². The van der Waals surface area contributed by atoms with Crippen molar-refractivity contribution in [2.45, 2.75) is 24.2 Å². The molecule has 27 heavy (non-hydrogen) atoms. The number of aromatic nitrogens is 1. The van der Waals surface area contributed by atoms with Gasteiger partial charge in [-0.05, 0) is 23.3 Å². The summed E-state index contributed by atoms with van der Waals surface area (Å²) in [5.41, 5.74) is 3.57. The largest absolute Gasteiger partial charge is 0.467 e. The van der Waals surface area contributed by atoms with Gasteiger partial charge in [0.25, 0.3) is 5.22 Å². The van der Waals surface area contributed by atoms with Crippen molar-refractivity contribution in [3.05, 3.63) is 59.7 Å². The molecule has 0 aliphatic carbocycles. The number of hydrogen-bond donors (Lipinski definition) is 0. The molecule has 2 aromatic carbocycles. The average Bonchev–Trinajstić information content (AvgIpc) is 3.13. The van der Waals surface area contributed by atoms with Crippen LogP contribution in [-0.2, 0) is 27.3 Å². The van der Waals surface area contributed by atoms with Gasteiger partial charge in [-0.15, -0.1) is 0 Å². The lowest BCUT2D eigenvalue weighted by Gasteiger charge is -2.35. The summed E-state index contributed by atoms with van der Waals surface area (Å²) in [6.45, 7) is 0.392. The van der Waals surface area contributed by atoms with E-state index in [1.165, 1.54) is 18.9 Å². The molecule has 0 radical (unpaired) electrons. The van der Waals surface area contributed by atoms with Crippen molar-refractivity contribution >= 4 is 34.7 Å². The summed E-state index contributed by atoms with van der Waals surface area (Å²) in [6.07, 6.45) is 0.460. The lowest BCUT2D eigenvalue weighted by Crippen LogP contribution is -2.49. The fourth-order valence-corrected chi connectivity index (χ4v) is 3.98. The highest BCUT2D eigenvalue weighted by Crippen LogP contribution is 2.27. The zero-order chi connectivity index (χ0) is 18.8. The number of rotatable bonds is 4. The Labute approximate surface area is 160 Å². The third-order valence-corrected chi connectivity index (χ3v) is 5.45. The molecule has 1 aliphatic rings. The van der Waals surface area contributed by atoms with E-state index in [9.17, 15) is 9.59 Å². The molecule has 0 fully saturated rings. The van der Waals surface area contributed by atoms with Crippen LogP contribution < -0.4 is 0 Å². The van der Waals surface area contributed by atoms with Gasteiger partial charge in [0.15, 0.2) is 5.58 Å². The predicted molar refractivity (Wildman–Crippen MR) is 101 cm³/mol. The highest BCUT2D eigenvalue weighted by molar-refractivity contribution is 7.99. The number of benzene rings is 2. The van der Waals surface area contributed by atoms with Gasteiger partial charge >= 0.3 is 5.97 Å². The minimum absolute atomic E-state index is 0.141. The van der Waals surface area contributed by atoms with Crippen molar-refractivity contribution in [1.82, 2.24) is 9.88 Å². The first kappa shape index (κ1) is 17.6. The standard InChI is InChI=1S/C20H18N2O4S/c1-25-19(24)16-10-13-6-2-3-7-14(13)11-22(16)18(23)12-27-20-21-15-8-4-5-9-17(15)26-20/h2-9,16H,10-12H2,1H3/t16-/m0/s1. The van der Waals surface area contributed by atoms with Gasteiger partial charge in [0.1, 0.15) is 11.6 Å². The van der Waals surface area contributed by atoms with E-state index in [4.69, 9.17) is 9.15 Å². The molecule has 1 atom stereocenters. The maximum Gasteiger partial charge on any atom is 0.328 e. The van der Waals surface area contributed by atoms with Gasteiger partial charge in [-0.25, -0.2) is 9.78 Å². The van der Waals surface area contributed by atoms with E-state index in [1.807, 2.05) is 48.5 Å². The van der Waals surface area contributed by atoms with Gasteiger partial charge in [-0.2, -0.15) is 0 Å². The van der Waals surface area contributed by atoms with E-state index in [1.54, 1.807) is 4.90 Å². The van der Waals surface area contributed by atoms with Crippen LogP contribution in [0.4, 0.5) is 0 Å². The predicted octanol–water partition coefficient (Wildman–Crippen LogP) is 3.05. The van der Waals surface area contributed by atoms with Crippen LogP contribution in [0.2, 0.25) is 0 Å². The quantitative estimate of drug-likeness (QED) is 0.510. The summed E-state index contributed by atoms with van der Waals surface area (Å²) < 4.78 is 10.6. The van der Waals surface area contributed by atoms with Gasteiger partial charge in [0.05, 0.1) is 12.9 Å². The molecule has 138 valence electrons. The molecule has 6 nitrogen and oxygen atoms in total. The number of fused-ring (bicyclic) bond motifs is 2. The van der Waals surface area contributed by atoms with E-state index in [0.717, 1.165) is 16.6 Å². The summed E-state index contributed by atoms with van der Waals surface area (Å²) in [7, 11) is 1.35. The Balaban J connectivity index is 1.51. The van der Waals surface area contributed by atoms with Crippen LogP contribution in [0.5, 0.6) is 0 Å². The molecule has 1 amide bonds. The highest BCUT2D eigenvalue weighted by atomic mass is 32.2. The number of nitrogens with zero attached hydrogens (tertiary/aromatic N) is 2. The van der Waals surface area contributed by atoms with Gasteiger partial charge in [-0.1, -0.05) is 48.2 Å². The molecule has 4 rings (SSSR count). The number of carbonyl (C=O) groups excluding carboxylic acids is 2. The third kappa shape index (κ3) is 3.55. The highest BCUT2D eigenvalue weighted by Gasteiger charge is 2.35. The number of methoxy groups -OCH3 is 1. The third-order valence-electron chi connectivity index (χ3n) is 4.64. The van der Waals surface area contributed by atoms with Crippen molar-refractivity contribution in [2.24, 2.45) is 0 Å². The number of hydrogen-bond acceptors (Lipinski definition) is 6. The van der Waals surface area contributed by atoms with Gasteiger partial charge in [0.2, 0.25) is 5.91 Å². The molecule has 0 unspecified atom stereocenters. The second-order valence-corrected chi connectivity index (χ2v) is 7.20. The molecule has 0 bridgehead atoms. The molecule has 0 N–H and O–H groups in total. The molecule has 1 aliphatic heterocycles. The van der Waals surface area contributed by atoms with E-state index in [0.29, 0.717) is 23.8 Å². The monoisotopic (exact) mass is 382 g/mol. The zero-order valence-corrected chi connectivity index (χ0v) is 15.6. The second kappa shape index (κ2) is 7.44. The van der Waals surface area contributed by atoms with Crippen molar-refractivity contribution in [3.8, 4) is 0 Å². The first-order valence-electron chi connectivity index (χ1n) is 8.58. The van der Waals surface area contributed by atoms with Gasteiger partial charge < -0.3 is 14.1 Å². The Morgan fingerprint density at radius 1 is 1.19 bits per heavy atom. The minimum atomic E-state index is -0.610. The first-order chi connectivity index (χ1) is 13.2. The van der Waals surface area contributed by atoms with E-state index < -0.39 is 12.0 Å². The molecule has 0 saturated carbocycles. The lowest BCUT2D eigenvalue weighted by molar-refractivity contribution is -0.153. The smallest absolute Gasteiger partial charge is 0.328 e. The molecule has 3 aromatic rings. The molecule has 2 heterocycles. The number of esters is 1. The molecule has 1 aromatic heterocycles. The fourth-order valence-electron chi connectivity index (χ4n) is 3.25. The summed E-state index contributed by atoms with van der Waals surface area (Å²) in [6, 6.07) is 14.7. The topological polar surface area (TPSA) is 72.6 Å². The van der Waals surface area contributed by atoms with Crippen LogP contribution in [0, 0.1) is 0 Å². The Morgan fingerprint density at radius 2 is 1.93 bits per heavy atom. The second-order valence-electron chi connectivity index (χ2n) is 6.27. The Kier molecular flexibility index (Phi) is 4.85. The number of para-hydroxylation sites is 2. The SMILES string of the molecule is COC(=O)[C@@H]1Cc2ccccc2CN1C(=O)CSc1nc2ccccc2o1. The van der Waals surface area contributed by atoms with Crippen molar-refractivity contribution in [3.63, 3.8) is 0 Å². The number of carbonyl (C=O) groups is 2. The Hall–Kier alpha value is -2.80. The number of ether oxygens (including phenoxy) is 1. The number of thioether (sulfide) groups is 1. The van der Waals surface area contributed by atoms with Gasteiger partial charge in [-0.3, -0.25) is 4.79 Å². The van der Waals surface area contributed by atoms with Crippen LogP contribution in [0.3, 0.4) is 0 Å². The minimum Gasteiger partial charge on any atom is -0.467 e. The first-order valence-corrected chi connectivity index (χ1v) is 9.56. The van der Waals surface area contributed by atoms with Crippen LogP contribution in [0.25, 0.3) is 11.1 Å². The van der Waals surface area contributed by atoms with Crippen molar-refractivity contribution < 1.29 is 18.7 Å². The Morgan fingerprint density at radius 3 is 2.70 bits per heavy atom. The Bertz CT molecular complexity index is 967. The summed E-state index contributed by atoms with van der Waals surface area (Å²) in [4.78, 5) is 31.0. The number of oxazole rings is 1. The maximum atomic E-state index is 12.9. The average molecular weight is 382 g/mol. The number of amides is 1. The maximum absolute atomic E-state index is 12.9. The van der Waals surface area contributed by atoms with E-state index >= 15 is 0 Å². The lowest BCUT2D eigenvalue weighted by atomic mass is 9.94. The van der Waals surface area contributed by atoms with Crippen LogP contribution in [0.1, 0.15) is 11.1 Å². The summed E-state index contributed by atoms with van der Waals surface area (Å²) >= 11 is 1.23. The fraction of sp³-hybridized carbons (Fsp3) is 0.250. The summed E-state index contributed by atoms with van der Waals surface area (Å²) in [5, 5.41) is 0.441. The normalized spacial score (nSPS) is 16.2. The van der Waals surface area contributed by atoms with E-state index in [-0.39, 0.29) is 11.7 Å². The van der Waals surface area contributed by atoms with Crippen LogP contribution >= 0.6 is 11.8 Å². The van der Waals surface area contributed by atoms with Crippen LogP contribution in [-0.4, -0.2) is 40.7 Å². The van der Waals surface area contributed by atoms with Gasteiger partial charge in [0, 0.05) is 13.0 Å². The summed E-state index contributed by atoms with van der Waals surface area (Å²) in [5.74, 6) is -0.403.